The van der Waals surface area contributed by atoms with E-state index in [9.17, 15) is 22.4 Å². The van der Waals surface area contributed by atoms with Crippen LogP contribution in [0.4, 0.5) is 10.1 Å². The predicted molar refractivity (Wildman–Crippen MR) is 118 cm³/mol. The van der Waals surface area contributed by atoms with Crippen molar-refractivity contribution in [3.8, 4) is 0 Å². The van der Waals surface area contributed by atoms with Crippen LogP contribution in [0.3, 0.4) is 0 Å². The van der Waals surface area contributed by atoms with Crippen LogP contribution in [0.25, 0.3) is 0 Å². The summed E-state index contributed by atoms with van der Waals surface area (Å²) in [6.07, 6.45) is 0.0784. The third kappa shape index (κ3) is 6.22. The molecule has 7 nitrogen and oxygen atoms in total. The minimum Gasteiger partial charge on any atom is -0.369 e. The largest absolute Gasteiger partial charge is 0.369 e. The van der Waals surface area contributed by atoms with Gasteiger partial charge in [-0.1, -0.05) is 42.5 Å². The van der Waals surface area contributed by atoms with Crippen LogP contribution in [-0.4, -0.2) is 31.1 Å². The lowest BCUT2D eigenvalue weighted by atomic mass is 10.1. The SMILES string of the molecule is NC(=O)Cc1ccc(NC(=O)CN(Cc2ccc(F)cc2)S(=O)(=O)c2ccccc2)cc1. The lowest BCUT2D eigenvalue weighted by Crippen LogP contribution is -2.37. The number of sulfonamides is 1. The molecule has 3 aromatic carbocycles. The van der Waals surface area contributed by atoms with Crippen molar-refractivity contribution in [3.05, 3.63) is 95.8 Å². The van der Waals surface area contributed by atoms with Gasteiger partial charge in [0.15, 0.2) is 0 Å². The Balaban J connectivity index is 1.79. The predicted octanol–water partition coefficient (Wildman–Crippen LogP) is 2.68. The molecule has 0 unspecified atom stereocenters. The van der Waals surface area contributed by atoms with E-state index in [1.165, 1.54) is 36.4 Å². The van der Waals surface area contributed by atoms with Gasteiger partial charge in [-0.2, -0.15) is 4.31 Å². The second kappa shape index (κ2) is 10.2. The summed E-state index contributed by atoms with van der Waals surface area (Å²) < 4.78 is 40.6. The number of amides is 2. The number of hydrogen-bond acceptors (Lipinski definition) is 4. The average molecular weight is 456 g/mol. The maximum atomic E-state index is 13.3. The Morgan fingerprint density at radius 2 is 1.47 bits per heavy atom. The molecule has 0 radical (unpaired) electrons. The number of carbonyl (C=O) groups is 2. The van der Waals surface area contributed by atoms with Crippen LogP contribution in [0.15, 0.2) is 83.8 Å². The van der Waals surface area contributed by atoms with E-state index >= 15 is 0 Å². The number of nitrogens with one attached hydrogen (secondary N) is 1. The molecule has 0 fully saturated rings. The van der Waals surface area contributed by atoms with Gasteiger partial charge in [-0.05, 0) is 47.5 Å². The van der Waals surface area contributed by atoms with Crippen LogP contribution >= 0.6 is 0 Å². The van der Waals surface area contributed by atoms with Gasteiger partial charge < -0.3 is 11.1 Å². The topological polar surface area (TPSA) is 110 Å². The monoisotopic (exact) mass is 455 g/mol. The molecule has 0 bridgehead atoms. The molecule has 0 aliphatic heterocycles. The fourth-order valence-corrected chi connectivity index (χ4v) is 4.43. The molecule has 3 aromatic rings. The van der Waals surface area contributed by atoms with Crippen molar-refractivity contribution in [2.45, 2.75) is 17.9 Å². The Bertz CT molecular complexity index is 1180. The molecule has 0 heterocycles. The van der Waals surface area contributed by atoms with Crippen molar-refractivity contribution in [1.82, 2.24) is 4.31 Å². The van der Waals surface area contributed by atoms with E-state index in [2.05, 4.69) is 5.32 Å². The second-order valence-corrected chi connectivity index (χ2v) is 9.04. The van der Waals surface area contributed by atoms with Crippen LogP contribution in [-0.2, 0) is 32.6 Å². The van der Waals surface area contributed by atoms with Gasteiger partial charge in [0.2, 0.25) is 21.8 Å². The molecule has 166 valence electrons. The van der Waals surface area contributed by atoms with E-state index < -0.39 is 34.2 Å². The van der Waals surface area contributed by atoms with Crippen molar-refractivity contribution in [3.63, 3.8) is 0 Å². The van der Waals surface area contributed by atoms with Crippen molar-refractivity contribution in [1.29, 1.82) is 0 Å². The maximum absolute atomic E-state index is 13.3. The summed E-state index contributed by atoms with van der Waals surface area (Å²) in [6.45, 7) is -0.555. The molecule has 3 rings (SSSR count). The van der Waals surface area contributed by atoms with Gasteiger partial charge in [0, 0.05) is 12.2 Å². The van der Waals surface area contributed by atoms with Crippen molar-refractivity contribution >= 4 is 27.5 Å². The zero-order valence-electron chi connectivity index (χ0n) is 17.1. The summed E-state index contributed by atoms with van der Waals surface area (Å²) in [5.74, 6) is -1.46. The number of hydrogen-bond donors (Lipinski definition) is 2. The molecule has 0 aromatic heterocycles. The highest BCUT2D eigenvalue weighted by Crippen LogP contribution is 2.19. The number of primary amides is 1. The van der Waals surface area contributed by atoms with Gasteiger partial charge in [-0.15, -0.1) is 0 Å². The van der Waals surface area contributed by atoms with Crippen molar-refractivity contribution < 1.29 is 22.4 Å². The number of nitrogens with two attached hydrogens (primary N) is 1. The Morgan fingerprint density at radius 3 is 2.06 bits per heavy atom. The average Bonchev–Trinajstić information content (AvgIpc) is 2.76. The third-order valence-corrected chi connectivity index (χ3v) is 6.40. The molecule has 0 saturated heterocycles. The molecular weight excluding hydrogens is 433 g/mol. The molecular formula is C23H22FN3O4S. The fourth-order valence-electron chi connectivity index (χ4n) is 3.03. The molecule has 9 heteroatoms. The van der Waals surface area contributed by atoms with E-state index in [0.29, 0.717) is 16.8 Å². The van der Waals surface area contributed by atoms with Crippen LogP contribution in [0.1, 0.15) is 11.1 Å². The van der Waals surface area contributed by atoms with Gasteiger partial charge in [0.05, 0.1) is 17.9 Å². The minimum atomic E-state index is -3.99. The highest BCUT2D eigenvalue weighted by molar-refractivity contribution is 7.89. The second-order valence-electron chi connectivity index (χ2n) is 7.10. The van der Waals surface area contributed by atoms with Crippen LogP contribution < -0.4 is 11.1 Å². The molecule has 32 heavy (non-hydrogen) atoms. The number of halogens is 1. The molecule has 2 amide bonds. The van der Waals surface area contributed by atoms with Crippen molar-refractivity contribution in [2.75, 3.05) is 11.9 Å². The summed E-state index contributed by atoms with van der Waals surface area (Å²) in [5, 5.41) is 2.65. The first-order chi connectivity index (χ1) is 15.2. The number of carbonyl (C=O) groups excluding carboxylic acids is 2. The van der Waals surface area contributed by atoms with E-state index in [-0.39, 0.29) is 17.9 Å². The van der Waals surface area contributed by atoms with Gasteiger partial charge in [0.25, 0.3) is 0 Å². The fraction of sp³-hybridized carbons (Fsp3) is 0.130. The van der Waals surface area contributed by atoms with Crippen molar-refractivity contribution in [2.24, 2.45) is 5.73 Å². The summed E-state index contributed by atoms with van der Waals surface area (Å²) in [6, 6.07) is 19.7. The Morgan fingerprint density at radius 1 is 0.875 bits per heavy atom. The van der Waals surface area contributed by atoms with Gasteiger partial charge in [0.1, 0.15) is 5.82 Å². The third-order valence-electron chi connectivity index (χ3n) is 4.59. The van der Waals surface area contributed by atoms with Gasteiger partial charge in [-0.25, -0.2) is 12.8 Å². The minimum absolute atomic E-state index is 0.0470. The normalized spacial score (nSPS) is 11.3. The van der Waals surface area contributed by atoms with Gasteiger partial charge in [-0.3, -0.25) is 9.59 Å². The zero-order chi connectivity index (χ0) is 23.1. The first kappa shape index (κ1) is 23.1. The Hall–Kier alpha value is -3.56. The maximum Gasteiger partial charge on any atom is 0.243 e. The molecule has 3 N–H and O–H groups in total. The quantitative estimate of drug-likeness (QED) is 0.517. The Kier molecular flexibility index (Phi) is 7.34. The zero-order valence-corrected chi connectivity index (χ0v) is 17.9. The number of rotatable bonds is 9. The van der Waals surface area contributed by atoms with Crippen LogP contribution in [0.2, 0.25) is 0 Å². The van der Waals surface area contributed by atoms with E-state index in [1.54, 1.807) is 42.5 Å². The molecule has 0 atom stereocenters. The smallest absolute Gasteiger partial charge is 0.243 e. The summed E-state index contributed by atoms with van der Waals surface area (Å²) in [4.78, 5) is 23.7. The lowest BCUT2D eigenvalue weighted by Gasteiger charge is -2.22. The molecule has 0 spiro atoms. The summed E-state index contributed by atoms with van der Waals surface area (Å²) in [5.41, 5.74) is 6.84. The molecule has 0 aliphatic rings. The Labute approximate surface area is 185 Å². The van der Waals surface area contributed by atoms with E-state index in [0.717, 1.165) is 4.31 Å². The molecule has 0 saturated carbocycles. The van der Waals surface area contributed by atoms with Gasteiger partial charge >= 0.3 is 0 Å². The first-order valence-electron chi connectivity index (χ1n) is 9.71. The molecule has 0 aliphatic carbocycles. The van der Waals surface area contributed by atoms with Crippen LogP contribution in [0.5, 0.6) is 0 Å². The highest BCUT2D eigenvalue weighted by atomic mass is 32.2. The van der Waals surface area contributed by atoms with E-state index in [1.807, 2.05) is 0 Å². The standard InChI is InChI=1S/C23H22FN3O4S/c24-19-10-6-18(7-11-19)15-27(32(30,31)21-4-2-1-3-5-21)16-23(29)26-20-12-8-17(9-13-20)14-22(25)28/h1-13H,14-16H2,(H2,25,28)(H,26,29). The summed E-state index contributed by atoms with van der Waals surface area (Å²) in [7, 11) is -3.99. The number of anilines is 1. The number of benzene rings is 3. The van der Waals surface area contributed by atoms with E-state index in [4.69, 9.17) is 5.73 Å². The lowest BCUT2D eigenvalue weighted by molar-refractivity contribution is -0.117. The first-order valence-corrected chi connectivity index (χ1v) is 11.1. The number of nitrogens with zero attached hydrogens (tertiary/aromatic N) is 1. The van der Waals surface area contributed by atoms with Crippen LogP contribution in [0, 0.1) is 5.82 Å². The summed E-state index contributed by atoms with van der Waals surface area (Å²) >= 11 is 0. The highest BCUT2D eigenvalue weighted by Gasteiger charge is 2.27.